The fourth-order valence-electron chi connectivity index (χ4n) is 3.70. The molecule has 0 radical (unpaired) electrons. The summed E-state index contributed by atoms with van der Waals surface area (Å²) in [6, 6.07) is 18.2. The second kappa shape index (κ2) is 13.6. The van der Waals surface area contributed by atoms with Gasteiger partial charge in [-0.25, -0.2) is 4.79 Å². The number of hydrogen-bond donors (Lipinski definition) is 0. The maximum Gasteiger partial charge on any atom is 0.333 e. The number of ether oxygens (including phenoxy) is 1. The van der Waals surface area contributed by atoms with E-state index >= 15 is 0 Å². The van der Waals surface area contributed by atoms with E-state index in [2.05, 4.69) is 35.3 Å². The SMILES string of the molecule is C=C(CSCCCSc1ccc(C(=O)C(CC)(Cc2ccccc2)N(C)C)cc1)C(=O)OC. The fraction of sp³-hybridized carbons (Fsp3) is 0.407. The lowest BCUT2D eigenvalue weighted by atomic mass is 9.80. The molecule has 6 heteroatoms. The maximum absolute atomic E-state index is 13.6. The summed E-state index contributed by atoms with van der Waals surface area (Å²) in [5.74, 6) is 2.37. The lowest BCUT2D eigenvalue weighted by molar-refractivity contribution is -0.135. The second-order valence-corrected chi connectivity index (χ2v) is 10.4. The zero-order chi connectivity index (χ0) is 24.3. The van der Waals surface area contributed by atoms with E-state index in [4.69, 9.17) is 0 Å². The number of thioether (sulfide) groups is 2. The van der Waals surface area contributed by atoms with E-state index in [-0.39, 0.29) is 11.8 Å². The fourth-order valence-corrected chi connectivity index (χ4v) is 5.59. The first kappa shape index (κ1) is 27.2. The number of nitrogens with zero attached hydrogens (tertiary/aromatic N) is 1. The molecule has 2 aromatic carbocycles. The number of methoxy groups -OCH3 is 1. The Balaban J connectivity index is 1.92. The summed E-state index contributed by atoms with van der Waals surface area (Å²) < 4.78 is 4.66. The number of rotatable bonds is 14. The zero-order valence-corrected chi connectivity index (χ0v) is 21.8. The van der Waals surface area contributed by atoms with E-state index in [1.54, 1.807) is 23.5 Å². The minimum Gasteiger partial charge on any atom is -0.466 e. The highest BCUT2D eigenvalue weighted by atomic mass is 32.2. The minimum atomic E-state index is -0.568. The number of benzene rings is 2. The second-order valence-electron chi connectivity index (χ2n) is 8.15. The summed E-state index contributed by atoms with van der Waals surface area (Å²) in [5, 5.41) is 0. The molecule has 2 aromatic rings. The van der Waals surface area contributed by atoms with Crippen molar-refractivity contribution < 1.29 is 14.3 Å². The predicted octanol–water partition coefficient (Wildman–Crippen LogP) is 5.77. The summed E-state index contributed by atoms with van der Waals surface area (Å²) in [7, 11) is 5.36. The minimum absolute atomic E-state index is 0.164. The highest BCUT2D eigenvalue weighted by Crippen LogP contribution is 2.29. The van der Waals surface area contributed by atoms with Crippen LogP contribution in [0, 0.1) is 0 Å². The Kier molecular flexibility index (Phi) is 11.2. The van der Waals surface area contributed by atoms with E-state index in [9.17, 15) is 9.59 Å². The molecular formula is C27H35NO3S2. The third-order valence-corrected chi connectivity index (χ3v) is 8.00. The van der Waals surface area contributed by atoms with E-state index < -0.39 is 5.54 Å². The molecule has 1 unspecified atom stereocenters. The van der Waals surface area contributed by atoms with E-state index in [1.807, 2.05) is 56.6 Å². The Morgan fingerprint density at radius 3 is 2.27 bits per heavy atom. The van der Waals surface area contributed by atoms with Crippen LogP contribution in [0.15, 0.2) is 71.6 Å². The molecule has 0 saturated carbocycles. The molecule has 0 fully saturated rings. The first-order valence-corrected chi connectivity index (χ1v) is 13.3. The number of esters is 1. The third kappa shape index (κ3) is 7.76. The molecule has 0 bridgehead atoms. The van der Waals surface area contributed by atoms with Crippen molar-refractivity contribution in [3.8, 4) is 0 Å². The molecule has 0 aliphatic carbocycles. The Hall–Kier alpha value is -2.02. The molecule has 0 aliphatic heterocycles. The maximum atomic E-state index is 13.6. The first-order chi connectivity index (χ1) is 15.8. The summed E-state index contributed by atoms with van der Waals surface area (Å²) in [6.45, 7) is 5.83. The van der Waals surface area contributed by atoms with Crippen LogP contribution in [-0.2, 0) is 16.0 Å². The average molecular weight is 486 g/mol. The third-order valence-electron chi connectivity index (χ3n) is 5.77. The topological polar surface area (TPSA) is 46.6 Å². The van der Waals surface area contributed by atoms with Crippen molar-refractivity contribution in [2.45, 2.75) is 36.6 Å². The van der Waals surface area contributed by atoms with Crippen LogP contribution in [0.1, 0.15) is 35.7 Å². The van der Waals surface area contributed by atoms with Crippen LogP contribution in [0.4, 0.5) is 0 Å². The Morgan fingerprint density at radius 2 is 1.70 bits per heavy atom. The normalized spacial score (nSPS) is 12.9. The highest BCUT2D eigenvalue weighted by molar-refractivity contribution is 8.00. The zero-order valence-electron chi connectivity index (χ0n) is 20.1. The Labute approximate surface area is 207 Å². The quantitative estimate of drug-likeness (QED) is 0.111. The van der Waals surface area contributed by atoms with E-state index in [0.29, 0.717) is 17.7 Å². The smallest absolute Gasteiger partial charge is 0.333 e. The van der Waals surface area contributed by atoms with Crippen molar-refractivity contribution >= 4 is 35.3 Å². The lowest BCUT2D eigenvalue weighted by Crippen LogP contribution is -2.52. The van der Waals surface area contributed by atoms with Crippen LogP contribution >= 0.6 is 23.5 Å². The van der Waals surface area contributed by atoms with Crippen molar-refractivity contribution in [2.24, 2.45) is 0 Å². The lowest BCUT2D eigenvalue weighted by Gasteiger charge is -2.38. The molecule has 2 rings (SSSR count). The standard InChI is InChI=1S/C27H35NO3S2/c1-6-27(28(3)4,19-22-11-8-7-9-12-22)25(29)23-13-15-24(16-14-23)33-18-10-17-32-20-21(2)26(30)31-5/h7-9,11-16H,2,6,10,17-20H2,1,3-5H3. The van der Waals surface area contributed by atoms with Gasteiger partial charge in [0.05, 0.1) is 12.6 Å². The molecule has 0 saturated heterocycles. The summed E-state index contributed by atoms with van der Waals surface area (Å²) >= 11 is 3.48. The number of carbonyl (C=O) groups excluding carboxylic acids is 2. The van der Waals surface area contributed by atoms with Gasteiger partial charge in [0.25, 0.3) is 0 Å². The molecule has 4 nitrogen and oxygen atoms in total. The summed E-state index contributed by atoms with van der Waals surface area (Å²) in [5.41, 5.74) is 1.86. The predicted molar refractivity (Wildman–Crippen MR) is 141 cm³/mol. The molecule has 1 atom stereocenters. The monoisotopic (exact) mass is 485 g/mol. The van der Waals surface area contributed by atoms with Crippen LogP contribution in [0.3, 0.4) is 0 Å². The van der Waals surface area contributed by atoms with Gasteiger partial charge in [0.1, 0.15) is 0 Å². The molecule has 0 N–H and O–H groups in total. The number of Topliss-reactive ketones (excluding diaryl/α,β-unsaturated/α-hetero) is 1. The van der Waals surface area contributed by atoms with Crippen LogP contribution in [-0.4, -0.2) is 60.7 Å². The molecule has 0 aromatic heterocycles. The molecular weight excluding hydrogens is 450 g/mol. The summed E-state index contributed by atoms with van der Waals surface area (Å²) in [4.78, 5) is 28.2. The van der Waals surface area contributed by atoms with Crippen LogP contribution in [0.5, 0.6) is 0 Å². The van der Waals surface area contributed by atoms with Gasteiger partial charge >= 0.3 is 5.97 Å². The van der Waals surface area contributed by atoms with Gasteiger partial charge in [-0.15, -0.1) is 11.8 Å². The Morgan fingerprint density at radius 1 is 1.03 bits per heavy atom. The molecule has 0 aliphatic rings. The largest absolute Gasteiger partial charge is 0.466 e. The highest BCUT2D eigenvalue weighted by Gasteiger charge is 2.39. The van der Waals surface area contributed by atoms with Gasteiger partial charge in [-0.3, -0.25) is 9.69 Å². The molecule has 0 spiro atoms. The van der Waals surface area contributed by atoms with Gasteiger partial charge in [-0.1, -0.05) is 56.0 Å². The Bertz CT molecular complexity index is 913. The molecule has 33 heavy (non-hydrogen) atoms. The van der Waals surface area contributed by atoms with E-state index in [1.165, 1.54) is 12.7 Å². The van der Waals surface area contributed by atoms with Gasteiger partial charge in [0.2, 0.25) is 0 Å². The van der Waals surface area contributed by atoms with Crippen molar-refractivity contribution in [3.63, 3.8) is 0 Å². The number of hydrogen-bond acceptors (Lipinski definition) is 6. The van der Waals surface area contributed by atoms with Gasteiger partial charge in [-0.05, 0) is 62.6 Å². The number of likely N-dealkylation sites (N-methyl/N-ethyl adjacent to an activating group) is 1. The van der Waals surface area contributed by atoms with Crippen molar-refractivity contribution in [2.75, 3.05) is 38.5 Å². The van der Waals surface area contributed by atoms with Crippen LogP contribution < -0.4 is 0 Å². The first-order valence-electron chi connectivity index (χ1n) is 11.2. The van der Waals surface area contributed by atoms with E-state index in [0.717, 1.165) is 34.8 Å². The van der Waals surface area contributed by atoms with Gasteiger partial charge in [-0.2, -0.15) is 11.8 Å². The summed E-state index contributed by atoms with van der Waals surface area (Å²) in [6.07, 6.45) is 2.46. The molecule has 0 heterocycles. The van der Waals surface area contributed by atoms with Crippen molar-refractivity contribution in [3.05, 3.63) is 77.9 Å². The van der Waals surface area contributed by atoms with Gasteiger partial charge < -0.3 is 4.74 Å². The number of ketones is 1. The van der Waals surface area contributed by atoms with Crippen molar-refractivity contribution in [1.29, 1.82) is 0 Å². The van der Waals surface area contributed by atoms with Crippen LogP contribution in [0.2, 0.25) is 0 Å². The average Bonchev–Trinajstić information content (AvgIpc) is 2.84. The van der Waals surface area contributed by atoms with Gasteiger partial charge in [0.15, 0.2) is 5.78 Å². The number of carbonyl (C=O) groups is 2. The van der Waals surface area contributed by atoms with Crippen molar-refractivity contribution in [1.82, 2.24) is 4.90 Å². The molecule has 178 valence electrons. The van der Waals surface area contributed by atoms with Gasteiger partial charge in [0, 0.05) is 21.8 Å². The molecule has 0 amide bonds. The van der Waals surface area contributed by atoms with Crippen LogP contribution in [0.25, 0.3) is 0 Å².